The Balaban J connectivity index is 2.04. The first-order valence-corrected chi connectivity index (χ1v) is 5.72. The second-order valence-corrected chi connectivity index (χ2v) is 4.23. The minimum absolute atomic E-state index is 0.202. The van der Waals surface area contributed by atoms with Crippen LogP contribution < -0.4 is 0 Å². The van der Waals surface area contributed by atoms with E-state index in [0.29, 0.717) is 6.54 Å². The Morgan fingerprint density at radius 1 is 1.37 bits per heavy atom. The molecule has 1 amide bonds. The number of likely N-dealkylation sites (N-methyl/N-ethyl adjacent to an activating group) is 1. The highest BCUT2D eigenvalue weighted by Gasteiger charge is 2.16. The Kier molecular flexibility index (Phi) is 3.89. The molecule has 0 atom stereocenters. The van der Waals surface area contributed by atoms with Crippen LogP contribution in [0.1, 0.15) is 11.1 Å². The molecule has 1 N–H and O–H groups in total. The lowest BCUT2D eigenvalue weighted by Gasteiger charge is -2.16. The van der Waals surface area contributed by atoms with Crippen LogP contribution in [-0.2, 0) is 17.8 Å². The Hall–Kier alpha value is -2.24. The maximum absolute atomic E-state index is 13.4. The Morgan fingerprint density at radius 2 is 2.05 bits per heavy atom. The molecule has 6 heteroatoms. The molecule has 1 heterocycles. The Morgan fingerprint density at radius 3 is 2.63 bits per heavy atom. The van der Waals surface area contributed by atoms with Gasteiger partial charge in [-0.25, -0.2) is 8.78 Å². The smallest absolute Gasteiger partial charge is 0.227 e. The topological polar surface area (TPSA) is 49.0 Å². The van der Waals surface area contributed by atoms with Crippen LogP contribution in [0.25, 0.3) is 0 Å². The summed E-state index contributed by atoms with van der Waals surface area (Å²) in [5.74, 6) is -1.76. The van der Waals surface area contributed by atoms with E-state index in [2.05, 4.69) is 10.2 Å². The van der Waals surface area contributed by atoms with Crippen LogP contribution in [0.4, 0.5) is 8.78 Å². The van der Waals surface area contributed by atoms with Crippen LogP contribution in [0.15, 0.2) is 30.6 Å². The van der Waals surface area contributed by atoms with Crippen molar-refractivity contribution in [1.82, 2.24) is 15.1 Å². The molecular weight excluding hydrogens is 252 g/mol. The fraction of sp³-hybridized carbons (Fsp3) is 0.231. The number of aromatic nitrogens is 2. The van der Waals surface area contributed by atoms with Crippen LogP contribution >= 0.6 is 0 Å². The zero-order valence-electron chi connectivity index (χ0n) is 10.4. The van der Waals surface area contributed by atoms with E-state index in [9.17, 15) is 13.6 Å². The Bertz CT molecular complexity index is 549. The van der Waals surface area contributed by atoms with Crippen molar-refractivity contribution in [2.75, 3.05) is 7.05 Å². The number of carbonyl (C=O) groups excluding carboxylic acids is 1. The van der Waals surface area contributed by atoms with Crippen molar-refractivity contribution >= 4 is 5.91 Å². The van der Waals surface area contributed by atoms with E-state index in [0.717, 1.165) is 17.7 Å². The second-order valence-electron chi connectivity index (χ2n) is 4.23. The van der Waals surface area contributed by atoms with Gasteiger partial charge in [-0.3, -0.25) is 9.89 Å². The molecule has 0 aliphatic rings. The van der Waals surface area contributed by atoms with E-state index in [-0.39, 0.29) is 17.9 Å². The third-order valence-electron chi connectivity index (χ3n) is 2.79. The van der Waals surface area contributed by atoms with Gasteiger partial charge in [-0.1, -0.05) is 6.07 Å². The van der Waals surface area contributed by atoms with Crippen molar-refractivity contribution in [2.45, 2.75) is 13.0 Å². The van der Waals surface area contributed by atoms with Gasteiger partial charge >= 0.3 is 0 Å². The summed E-state index contributed by atoms with van der Waals surface area (Å²) in [7, 11) is 1.58. The summed E-state index contributed by atoms with van der Waals surface area (Å²) < 4.78 is 26.9. The van der Waals surface area contributed by atoms with Crippen molar-refractivity contribution in [3.63, 3.8) is 0 Å². The van der Waals surface area contributed by atoms with Crippen molar-refractivity contribution < 1.29 is 13.6 Å². The molecule has 100 valence electrons. The van der Waals surface area contributed by atoms with Crippen LogP contribution in [0.5, 0.6) is 0 Å². The number of hydrogen-bond acceptors (Lipinski definition) is 2. The van der Waals surface area contributed by atoms with E-state index < -0.39 is 11.6 Å². The van der Waals surface area contributed by atoms with Gasteiger partial charge in [-0.15, -0.1) is 0 Å². The summed E-state index contributed by atoms with van der Waals surface area (Å²) in [5, 5.41) is 6.40. The van der Waals surface area contributed by atoms with Crippen LogP contribution in [-0.4, -0.2) is 28.1 Å². The first-order valence-electron chi connectivity index (χ1n) is 5.72. The quantitative estimate of drug-likeness (QED) is 0.917. The number of nitrogens with one attached hydrogen (secondary N) is 1. The molecule has 4 nitrogen and oxygen atoms in total. The van der Waals surface area contributed by atoms with Gasteiger partial charge in [0, 0.05) is 30.9 Å². The number of carbonyl (C=O) groups is 1. The first kappa shape index (κ1) is 13.2. The molecular formula is C13H13F2N3O. The highest BCUT2D eigenvalue weighted by atomic mass is 19.1. The summed E-state index contributed by atoms with van der Waals surface area (Å²) in [6.45, 7) is 0.339. The third kappa shape index (κ3) is 3.15. The maximum Gasteiger partial charge on any atom is 0.227 e. The van der Waals surface area contributed by atoms with E-state index in [1.54, 1.807) is 19.4 Å². The Labute approximate surface area is 109 Å². The number of rotatable bonds is 4. The minimum atomic E-state index is -0.704. The molecule has 0 aliphatic heterocycles. The number of amides is 1. The first-order chi connectivity index (χ1) is 9.08. The van der Waals surface area contributed by atoms with E-state index >= 15 is 0 Å². The van der Waals surface area contributed by atoms with Crippen LogP contribution in [0.3, 0.4) is 0 Å². The van der Waals surface area contributed by atoms with Gasteiger partial charge in [0.2, 0.25) is 5.91 Å². The normalized spacial score (nSPS) is 10.5. The third-order valence-corrected chi connectivity index (χ3v) is 2.79. The average molecular weight is 265 g/mol. The van der Waals surface area contributed by atoms with Gasteiger partial charge in [-0.05, 0) is 12.1 Å². The highest BCUT2D eigenvalue weighted by molar-refractivity contribution is 5.78. The molecule has 0 aliphatic carbocycles. The summed E-state index contributed by atoms with van der Waals surface area (Å²) in [4.78, 5) is 13.3. The van der Waals surface area contributed by atoms with E-state index in [1.165, 1.54) is 11.0 Å². The summed E-state index contributed by atoms with van der Waals surface area (Å²) in [5.41, 5.74) is 0.622. The SMILES string of the molecule is CN(Cc1cn[nH]c1)C(=O)Cc1c(F)cccc1F. The van der Waals surface area contributed by atoms with E-state index in [4.69, 9.17) is 0 Å². The number of H-pyrrole nitrogens is 1. The van der Waals surface area contributed by atoms with Crippen LogP contribution in [0.2, 0.25) is 0 Å². The predicted octanol–water partition coefficient (Wildman–Crippen LogP) is 1.89. The molecule has 2 aromatic rings. The molecule has 0 unspecified atom stereocenters. The number of hydrogen-bond donors (Lipinski definition) is 1. The molecule has 0 spiro atoms. The van der Waals surface area contributed by atoms with Gasteiger partial charge in [0.25, 0.3) is 0 Å². The molecule has 1 aromatic heterocycles. The van der Waals surface area contributed by atoms with Gasteiger partial charge in [-0.2, -0.15) is 5.10 Å². The van der Waals surface area contributed by atoms with Crippen molar-refractivity contribution in [2.24, 2.45) is 0 Å². The van der Waals surface area contributed by atoms with Crippen molar-refractivity contribution in [3.8, 4) is 0 Å². The summed E-state index contributed by atoms with van der Waals surface area (Å²) in [6, 6.07) is 3.55. The highest BCUT2D eigenvalue weighted by Crippen LogP contribution is 2.14. The lowest BCUT2D eigenvalue weighted by atomic mass is 10.1. The molecule has 0 saturated carbocycles. The molecule has 0 fully saturated rings. The fourth-order valence-corrected chi connectivity index (χ4v) is 1.71. The van der Waals surface area contributed by atoms with Gasteiger partial charge in [0.1, 0.15) is 11.6 Å². The number of halogens is 2. The van der Waals surface area contributed by atoms with Crippen LogP contribution in [0, 0.1) is 11.6 Å². The maximum atomic E-state index is 13.4. The minimum Gasteiger partial charge on any atom is -0.341 e. The number of benzene rings is 1. The second kappa shape index (κ2) is 5.60. The van der Waals surface area contributed by atoms with Crippen molar-refractivity contribution in [1.29, 1.82) is 0 Å². The number of aromatic amines is 1. The lowest BCUT2D eigenvalue weighted by Crippen LogP contribution is -2.28. The molecule has 0 saturated heterocycles. The van der Waals surface area contributed by atoms with Gasteiger partial charge in [0.15, 0.2) is 0 Å². The summed E-state index contributed by atoms with van der Waals surface area (Å²) >= 11 is 0. The zero-order chi connectivity index (χ0) is 13.8. The van der Waals surface area contributed by atoms with Gasteiger partial charge < -0.3 is 4.90 Å². The lowest BCUT2D eigenvalue weighted by molar-refractivity contribution is -0.129. The monoisotopic (exact) mass is 265 g/mol. The standard InChI is InChI=1S/C13H13F2N3O/c1-18(8-9-6-16-17-7-9)13(19)5-10-11(14)3-2-4-12(10)15/h2-4,6-7H,5,8H2,1H3,(H,16,17). The molecule has 0 radical (unpaired) electrons. The predicted molar refractivity (Wildman–Crippen MR) is 65.1 cm³/mol. The largest absolute Gasteiger partial charge is 0.341 e. The molecule has 0 bridgehead atoms. The van der Waals surface area contributed by atoms with E-state index in [1.807, 2.05) is 0 Å². The zero-order valence-corrected chi connectivity index (χ0v) is 10.4. The average Bonchev–Trinajstić information content (AvgIpc) is 2.86. The fourth-order valence-electron chi connectivity index (χ4n) is 1.71. The molecule has 1 aromatic carbocycles. The molecule has 19 heavy (non-hydrogen) atoms. The van der Waals surface area contributed by atoms with Gasteiger partial charge in [0.05, 0.1) is 12.6 Å². The number of nitrogens with zero attached hydrogens (tertiary/aromatic N) is 2. The summed E-state index contributed by atoms with van der Waals surface area (Å²) in [6.07, 6.45) is 2.95. The van der Waals surface area contributed by atoms with Crippen molar-refractivity contribution in [3.05, 3.63) is 53.4 Å². The molecule has 2 rings (SSSR count).